The predicted molar refractivity (Wildman–Crippen MR) is 160 cm³/mol. The summed E-state index contributed by atoms with van der Waals surface area (Å²) in [5, 5.41) is 0. The average Bonchev–Trinajstić information content (AvgIpc) is 2.80. The van der Waals surface area contributed by atoms with Crippen LogP contribution in [0.4, 0.5) is 0 Å². The second kappa shape index (κ2) is 27.8. The standard InChI is InChI=1S/C32H67N.ClH/c1-5-7-9-11-13-15-16-17-18-19-20-21-23-25-27-29-31(33)32(3,4)30-28-26-24-22-14-12-10-8-6-2;/h31H,5-30,33H2,1-4H3;1H. The molecule has 0 heterocycles. The molecule has 1 nitrogen and oxygen atoms in total. The van der Waals surface area contributed by atoms with Crippen LogP contribution in [0.15, 0.2) is 0 Å². The van der Waals surface area contributed by atoms with Crippen molar-refractivity contribution in [2.75, 3.05) is 0 Å². The third-order valence-corrected chi connectivity index (χ3v) is 8.05. The number of halogens is 1. The average molecular weight is 502 g/mol. The topological polar surface area (TPSA) is 26.0 Å². The molecule has 0 aliphatic rings. The largest absolute Gasteiger partial charge is 0.327 e. The van der Waals surface area contributed by atoms with Crippen LogP contribution < -0.4 is 5.73 Å². The quantitative estimate of drug-likeness (QED) is 0.111. The van der Waals surface area contributed by atoms with Gasteiger partial charge in [0, 0.05) is 6.04 Å². The summed E-state index contributed by atoms with van der Waals surface area (Å²) in [7, 11) is 0. The molecule has 0 aliphatic heterocycles. The number of hydrogen-bond acceptors (Lipinski definition) is 1. The molecule has 0 aromatic rings. The molecule has 1 unspecified atom stereocenters. The minimum absolute atomic E-state index is 0. The first-order valence-corrected chi connectivity index (χ1v) is 15.8. The van der Waals surface area contributed by atoms with Crippen molar-refractivity contribution in [3.05, 3.63) is 0 Å². The van der Waals surface area contributed by atoms with E-state index in [1.54, 1.807) is 0 Å². The fourth-order valence-electron chi connectivity index (χ4n) is 5.20. The van der Waals surface area contributed by atoms with E-state index in [0.717, 1.165) is 0 Å². The lowest BCUT2D eigenvalue weighted by molar-refractivity contribution is 0.238. The number of hydrogen-bond donors (Lipinski definition) is 1. The van der Waals surface area contributed by atoms with Gasteiger partial charge in [0.2, 0.25) is 0 Å². The van der Waals surface area contributed by atoms with E-state index in [2.05, 4.69) is 27.7 Å². The fourth-order valence-corrected chi connectivity index (χ4v) is 5.20. The van der Waals surface area contributed by atoms with E-state index in [0.29, 0.717) is 11.5 Å². The molecule has 0 saturated carbocycles. The van der Waals surface area contributed by atoms with E-state index in [1.807, 2.05) is 0 Å². The lowest BCUT2D eigenvalue weighted by Gasteiger charge is -2.32. The molecule has 0 spiro atoms. The van der Waals surface area contributed by atoms with Gasteiger partial charge in [0.25, 0.3) is 0 Å². The van der Waals surface area contributed by atoms with E-state index in [4.69, 9.17) is 5.73 Å². The molecular formula is C32H68ClN. The van der Waals surface area contributed by atoms with Gasteiger partial charge in [-0.05, 0) is 18.3 Å². The van der Waals surface area contributed by atoms with Gasteiger partial charge in [-0.1, -0.05) is 182 Å². The van der Waals surface area contributed by atoms with Crippen LogP contribution in [0.5, 0.6) is 0 Å². The van der Waals surface area contributed by atoms with Gasteiger partial charge in [0.05, 0.1) is 0 Å². The highest BCUT2D eigenvalue weighted by atomic mass is 35.5. The summed E-state index contributed by atoms with van der Waals surface area (Å²) < 4.78 is 0. The highest BCUT2D eigenvalue weighted by Gasteiger charge is 2.25. The fraction of sp³-hybridized carbons (Fsp3) is 1.00. The molecule has 0 saturated heterocycles. The molecule has 0 amide bonds. The van der Waals surface area contributed by atoms with Crippen molar-refractivity contribution in [3.8, 4) is 0 Å². The summed E-state index contributed by atoms with van der Waals surface area (Å²) in [6, 6.07) is 0.383. The van der Waals surface area contributed by atoms with Crippen molar-refractivity contribution in [2.24, 2.45) is 11.1 Å². The van der Waals surface area contributed by atoms with Crippen molar-refractivity contribution in [2.45, 2.75) is 201 Å². The molecular weight excluding hydrogens is 434 g/mol. The smallest absolute Gasteiger partial charge is 0.00902 e. The molecule has 2 N–H and O–H groups in total. The summed E-state index contributed by atoms with van der Waals surface area (Å²) >= 11 is 0. The Hall–Kier alpha value is 0.250. The van der Waals surface area contributed by atoms with Crippen LogP contribution in [0.1, 0.15) is 195 Å². The van der Waals surface area contributed by atoms with Gasteiger partial charge in [0.15, 0.2) is 0 Å². The zero-order chi connectivity index (χ0) is 24.5. The van der Waals surface area contributed by atoms with Crippen molar-refractivity contribution >= 4 is 12.4 Å². The lowest BCUT2D eigenvalue weighted by Crippen LogP contribution is -2.37. The third-order valence-electron chi connectivity index (χ3n) is 8.05. The first-order chi connectivity index (χ1) is 16.0. The van der Waals surface area contributed by atoms with E-state index in [1.165, 1.54) is 167 Å². The van der Waals surface area contributed by atoms with Crippen molar-refractivity contribution in [3.63, 3.8) is 0 Å². The van der Waals surface area contributed by atoms with E-state index < -0.39 is 0 Å². The van der Waals surface area contributed by atoms with E-state index >= 15 is 0 Å². The minimum atomic E-state index is 0. The minimum Gasteiger partial charge on any atom is -0.327 e. The molecule has 0 fully saturated rings. The maximum absolute atomic E-state index is 6.61. The Bertz CT molecular complexity index is 368. The maximum Gasteiger partial charge on any atom is 0.00902 e. The summed E-state index contributed by atoms with van der Waals surface area (Å²) in [5.41, 5.74) is 6.93. The lowest BCUT2D eigenvalue weighted by atomic mass is 9.78. The monoisotopic (exact) mass is 502 g/mol. The number of unbranched alkanes of at least 4 members (excludes halogenated alkanes) is 22. The van der Waals surface area contributed by atoms with Gasteiger partial charge in [0.1, 0.15) is 0 Å². The van der Waals surface area contributed by atoms with Crippen molar-refractivity contribution in [1.29, 1.82) is 0 Å². The SMILES string of the molecule is CCCCCCCCCCCCCCCCCC(N)C(C)(C)CCCCCCCCCCC.Cl. The van der Waals surface area contributed by atoms with Crippen LogP contribution >= 0.6 is 12.4 Å². The van der Waals surface area contributed by atoms with Gasteiger partial charge in [-0.2, -0.15) is 0 Å². The Labute approximate surface area is 224 Å². The molecule has 0 rings (SSSR count). The third kappa shape index (κ3) is 25.3. The molecule has 2 heteroatoms. The summed E-state index contributed by atoms with van der Waals surface area (Å²) in [6.07, 6.45) is 36.8. The molecule has 0 aromatic carbocycles. The van der Waals surface area contributed by atoms with E-state index in [-0.39, 0.29) is 12.4 Å². The highest BCUT2D eigenvalue weighted by Crippen LogP contribution is 2.30. The second-order valence-corrected chi connectivity index (χ2v) is 11.9. The Morgan fingerprint density at radius 3 is 1.03 bits per heavy atom. The zero-order valence-corrected chi connectivity index (χ0v) is 25.3. The summed E-state index contributed by atoms with van der Waals surface area (Å²) in [5.74, 6) is 0. The van der Waals surface area contributed by atoms with Gasteiger partial charge in [-0.25, -0.2) is 0 Å². The maximum atomic E-state index is 6.61. The van der Waals surface area contributed by atoms with Gasteiger partial charge >= 0.3 is 0 Å². The zero-order valence-electron chi connectivity index (χ0n) is 24.4. The Kier molecular flexibility index (Phi) is 29.8. The Morgan fingerprint density at radius 2 is 0.706 bits per heavy atom. The van der Waals surface area contributed by atoms with Crippen LogP contribution in [-0.2, 0) is 0 Å². The van der Waals surface area contributed by atoms with Crippen LogP contribution in [0.2, 0.25) is 0 Å². The molecule has 0 aliphatic carbocycles. The van der Waals surface area contributed by atoms with Crippen LogP contribution in [0, 0.1) is 5.41 Å². The van der Waals surface area contributed by atoms with Crippen LogP contribution in [0.25, 0.3) is 0 Å². The molecule has 0 bridgehead atoms. The highest BCUT2D eigenvalue weighted by molar-refractivity contribution is 5.85. The molecule has 1 atom stereocenters. The predicted octanol–water partition coefficient (Wildman–Crippen LogP) is 11.9. The first kappa shape index (κ1) is 36.4. The molecule has 208 valence electrons. The molecule has 0 aromatic heterocycles. The van der Waals surface area contributed by atoms with Crippen LogP contribution in [-0.4, -0.2) is 6.04 Å². The van der Waals surface area contributed by atoms with Gasteiger partial charge in [-0.3, -0.25) is 0 Å². The van der Waals surface area contributed by atoms with Crippen molar-refractivity contribution < 1.29 is 0 Å². The Morgan fingerprint density at radius 1 is 0.441 bits per heavy atom. The van der Waals surface area contributed by atoms with Crippen molar-refractivity contribution in [1.82, 2.24) is 0 Å². The Balaban J connectivity index is 0. The van der Waals surface area contributed by atoms with E-state index in [9.17, 15) is 0 Å². The van der Waals surface area contributed by atoms with Gasteiger partial charge in [-0.15, -0.1) is 12.4 Å². The summed E-state index contributed by atoms with van der Waals surface area (Å²) in [6.45, 7) is 9.42. The molecule has 34 heavy (non-hydrogen) atoms. The second-order valence-electron chi connectivity index (χ2n) is 11.9. The normalized spacial score (nSPS) is 12.6. The first-order valence-electron chi connectivity index (χ1n) is 15.8. The summed E-state index contributed by atoms with van der Waals surface area (Å²) in [4.78, 5) is 0. The number of nitrogens with two attached hydrogens (primary N) is 1. The van der Waals surface area contributed by atoms with Crippen LogP contribution in [0.3, 0.4) is 0 Å². The van der Waals surface area contributed by atoms with Gasteiger partial charge < -0.3 is 5.73 Å². The molecule has 0 radical (unpaired) electrons. The number of rotatable bonds is 27.